The Bertz CT molecular complexity index is 307. The molecule has 1 aromatic carbocycles. The Balaban J connectivity index is 0.000000980. The lowest BCUT2D eigenvalue weighted by Crippen LogP contribution is -2.14. The number of hydrogen-bond donors (Lipinski definition) is 1. The Morgan fingerprint density at radius 2 is 2.23 bits per heavy atom. The van der Waals surface area contributed by atoms with E-state index >= 15 is 0 Å². The fourth-order valence-corrected chi connectivity index (χ4v) is 2.02. The molecule has 0 unspecified atom stereocenters. The molecule has 0 spiro atoms. The van der Waals surface area contributed by atoms with Gasteiger partial charge in [0.25, 0.3) is 0 Å². The fourth-order valence-electron chi connectivity index (χ4n) is 2.02. The van der Waals surface area contributed by atoms with Gasteiger partial charge in [-0.15, -0.1) is 0 Å². The van der Waals surface area contributed by atoms with Gasteiger partial charge in [0, 0.05) is 13.7 Å². The van der Waals surface area contributed by atoms with Gasteiger partial charge >= 0.3 is 0 Å². The summed E-state index contributed by atoms with van der Waals surface area (Å²) in [5, 5.41) is 3.51. The molecule has 1 N–H and O–H groups in total. The third-order valence-electron chi connectivity index (χ3n) is 2.73. The largest absolute Gasteiger partial charge is 0.385 e. The summed E-state index contributed by atoms with van der Waals surface area (Å²) in [7, 11) is 0. The van der Waals surface area contributed by atoms with Gasteiger partial charge in [-0.2, -0.15) is 0 Å². The lowest BCUT2D eigenvalue weighted by Gasteiger charge is -2.22. The predicted octanol–water partition coefficient (Wildman–Crippen LogP) is 3.41. The average Bonchev–Trinajstić information content (AvgIpc) is 2.17. The van der Waals surface area contributed by atoms with Gasteiger partial charge in [0.1, 0.15) is 0 Å². The van der Waals surface area contributed by atoms with Gasteiger partial charge in [-0.3, -0.25) is 0 Å². The van der Waals surface area contributed by atoms with E-state index in [2.05, 4.69) is 37.4 Å². The predicted molar refractivity (Wildman–Crippen MR) is 59.5 cm³/mol. The number of para-hydroxylation sites is 1. The molecular formula is C12H19N. The van der Waals surface area contributed by atoms with Crippen molar-refractivity contribution in [1.82, 2.24) is 0 Å². The Morgan fingerprint density at radius 1 is 1.38 bits per heavy atom. The van der Waals surface area contributed by atoms with E-state index in [9.17, 15) is 0 Å². The molecule has 0 fully saturated rings. The summed E-state index contributed by atoms with van der Waals surface area (Å²) in [6, 6.07) is 6.66. The van der Waals surface area contributed by atoms with Crippen LogP contribution in [0.4, 0.5) is 5.69 Å². The Kier molecular flexibility index (Phi) is 2.26. The zero-order valence-corrected chi connectivity index (χ0v) is 8.43. The maximum atomic E-state index is 3.51. The zero-order chi connectivity index (χ0) is 9.26. The zero-order valence-electron chi connectivity index (χ0n) is 8.43. The first-order valence-electron chi connectivity index (χ1n) is 5.14. The molecule has 1 aliphatic heterocycles. The van der Waals surface area contributed by atoms with Gasteiger partial charge in [-0.25, -0.2) is 0 Å². The maximum Gasteiger partial charge on any atom is 0.0407 e. The van der Waals surface area contributed by atoms with Crippen LogP contribution < -0.4 is 5.32 Å². The van der Waals surface area contributed by atoms with Crippen LogP contribution in [0.25, 0.3) is 0 Å². The van der Waals surface area contributed by atoms with Crippen LogP contribution in [0.5, 0.6) is 0 Å². The Labute approximate surface area is 81.6 Å². The smallest absolute Gasteiger partial charge is 0.0407 e. The second kappa shape index (κ2) is 3.41. The van der Waals surface area contributed by atoms with Crippen molar-refractivity contribution in [2.45, 2.75) is 32.6 Å². The minimum Gasteiger partial charge on any atom is -0.385 e. The highest BCUT2D eigenvalue weighted by molar-refractivity contribution is 5.60. The number of aryl methyl sites for hydroxylation is 1. The van der Waals surface area contributed by atoms with Gasteiger partial charge < -0.3 is 5.32 Å². The van der Waals surface area contributed by atoms with E-state index in [1.165, 1.54) is 29.7 Å². The molecule has 72 valence electrons. The van der Waals surface area contributed by atoms with Crippen molar-refractivity contribution in [3.63, 3.8) is 0 Å². The molecular weight excluding hydrogens is 158 g/mol. The van der Waals surface area contributed by atoms with Crippen molar-refractivity contribution in [2.75, 3.05) is 11.9 Å². The summed E-state index contributed by atoms with van der Waals surface area (Å²) in [5.41, 5.74) is 4.37. The molecule has 0 saturated carbocycles. The lowest BCUT2D eigenvalue weighted by atomic mass is 9.94. The normalized spacial score (nSPS) is 15.3. The number of anilines is 1. The SMILES string of the molecule is CC(C)c1cccc2c1NCCC2.[HH]. The average molecular weight is 177 g/mol. The van der Waals surface area contributed by atoms with Crippen molar-refractivity contribution in [3.05, 3.63) is 29.3 Å². The van der Waals surface area contributed by atoms with Crippen LogP contribution in [-0.4, -0.2) is 6.54 Å². The van der Waals surface area contributed by atoms with Crippen LogP contribution in [0.3, 0.4) is 0 Å². The van der Waals surface area contributed by atoms with Crippen LogP contribution >= 0.6 is 0 Å². The fraction of sp³-hybridized carbons (Fsp3) is 0.500. The first kappa shape index (κ1) is 8.61. The van der Waals surface area contributed by atoms with Crippen LogP contribution in [0.2, 0.25) is 0 Å². The first-order valence-corrected chi connectivity index (χ1v) is 5.14. The van der Waals surface area contributed by atoms with Gasteiger partial charge in [0.05, 0.1) is 0 Å². The lowest BCUT2D eigenvalue weighted by molar-refractivity contribution is 0.803. The van der Waals surface area contributed by atoms with Crippen molar-refractivity contribution in [1.29, 1.82) is 0 Å². The van der Waals surface area contributed by atoms with E-state index in [-0.39, 0.29) is 1.43 Å². The van der Waals surface area contributed by atoms with Crippen LogP contribution in [0.15, 0.2) is 18.2 Å². The second-order valence-corrected chi connectivity index (χ2v) is 4.07. The van der Waals surface area contributed by atoms with Gasteiger partial charge in [0.2, 0.25) is 0 Å². The van der Waals surface area contributed by atoms with Crippen LogP contribution in [-0.2, 0) is 6.42 Å². The second-order valence-electron chi connectivity index (χ2n) is 4.07. The molecule has 1 heteroatoms. The monoisotopic (exact) mass is 177 g/mol. The summed E-state index contributed by atoms with van der Waals surface area (Å²) < 4.78 is 0. The summed E-state index contributed by atoms with van der Waals surface area (Å²) >= 11 is 0. The summed E-state index contributed by atoms with van der Waals surface area (Å²) in [4.78, 5) is 0. The molecule has 0 amide bonds. The summed E-state index contributed by atoms with van der Waals surface area (Å²) in [6.07, 6.45) is 2.51. The van der Waals surface area contributed by atoms with Gasteiger partial charge in [0.15, 0.2) is 0 Å². The van der Waals surface area contributed by atoms with E-state index in [1.807, 2.05) is 0 Å². The standard InChI is InChI=1S/C12H17N.H2/c1-9(2)11-7-3-5-10-6-4-8-13-12(10)11;/h3,5,7,9,13H,4,6,8H2,1-2H3;1H. The van der Waals surface area contributed by atoms with E-state index in [1.54, 1.807) is 0 Å². The first-order chi connectivity index (χ1) is 6.29. The Hall–Kier alpha value is -0.980. The summed E-state index contributed by atoms with van der Waals surface area (Å²) in [5.74, 6) is 0.626. The minimum atomic E-state index is 0. The molecule has 0 radical (unpaired) electrons. The highest BCUT2D eigenvalue weighted by Crippen LogP contribution is 2.30. The molecule has 0 atom stereocenters. The molecule has 0 saturated heterocycles. The van der Waals surface area contributed by atoms with E-state index in [0.717, 1.165) is 6.54 Å². The van der Waals surface area contributed by atoms with Crippen molar-refractivity contribution >= 4 is 5.69 Å². The summed E-state index contributed by atoms with van der Waals surface area (Å²) in [6.45, 7) is 5.65. The topological polar surface area (TPSA) is 12.0 Å². The quantitative estimate of drug-likeness (QED) is 0.693. The van der Waals surface area contributed by atoms with Crippen LogP contribution in [0, 0.1) is 0 Å². The number of fused-ring (bicyclic) bond motifs is 1. The molecule has 0 aromatic heterocycles. The molecule has 1 heterocycles. The molecule has 1 nitrogen and oxygen atoms in total. The van der Waals surface area contributed by atoms with Crippen molar-refractivity contribution < 1.29 is 1.43 Å². The van der Waals surface area contributed by atoms with E-state index in [0.29, 0.717) is 5.92 Å². The highest BCUT2D eigenvalue weighted by atomic mass is 14.9. The van der Waals surface area contributed by atoms with Crippen molar-refractivity contribution in [3.8, 4) is 0 Å². The molecule has 1 aromatic rings. The van der Waals surface area contributed by atoms with Crippen molar-refractivity contribution in [2.24, 2.45) is 0 Å². The number of nitrogens with one attached hydrogen (secondary N) is 1. The minimum absolute atomic E-state index is 0. The molecule has 1 aliphatic rings. The molecule has 0 aliphatic carbocycles. The number of rotatable bonds is 1. The van der Waals surface area contributed by atoms with Crippen LogP contribution in [0.1, 0.15) is 38.7 Å². The highest BCUT2D eigenvalue weighted by Gasteiger charge is 2.13. The third kappa shape index (κ3) is 1.55. The number of benzene rings is 1. The van der Waals surface area contributed by atoms with E-state index < -0.39 is 0 Å². The van der Waals surface area contributed by atoms with Gasteiger partial charge in [-0.1, -0.05) is 32.0 Å². The Morgan fingerprint density at radius 3 is 3.00 bits per heavy atom. The number of hydrogen-bond acceptors (Lipinski definition) is 1. The molecule has 2 rings (SSSR count). The maximum absolute atomic E-state index is 3.51. The third-order valence-corrected chi connectivity index (χ3v) is 2.73. The van der Waals surface area contributed by atoms with E-state index in [4.69, 9.17) is 0 Å². The van der Waals surface area contributed by atoms with Gasteiger partial charge in [-0.05, 0) is 29.9 Å². The molecule has 13 heavy (non-hydrogen) atoms. The molecule has 0 bridgehead atoms.